The summed E-state index contributed by atoms with van der Waals surface area (Å²) in [5.41, 5.74) is -1.37. The highest BCUT2D eigenvalue weighted by atomic mass is 16.5. The van der Waals surface area contributed by atoms with Gasteiger partial charge in [0.15, 0.2) is 12.1 Å². The Morgan fingerprint density at radius 3 is 2.92 bits per heavy atom. The molecule has 0 spiro atoms. The predicted octanol–water partition coefficient (Wildman–Crippen LogP) is 0.0367. The Labute approximate surface area is 76.9 Å². The van der Waals surface area contributed by atoms with E-state index in [1.807, 2.05) is 0 Å². The molecule has 1 rings (SSSR count). The summed E-state index contributed by atoms with van der Waals surface area (Å²) < 4.78 is 5.09. The molecule has 0 bridgehead atoms. The van der Waals surface area contributed by atoms with Gasteiger partial charge in [0.1, 0.15) is 0 Å². The van der Waals surface area contributed by atoms with Crippen LogP contribution in [0, 0.1) is 0 Å². The van der Waals surface area contributed by atoms with Crippen LogP contribution < -0.4 is 5.32 Å². The molecule has 0 aromatic carbocycles. The standard InChI is InChI=1S/C9H13NO3/c1-2-3-4-8(12)9(7-11)10-5-6-13-9/h2,7,10H,1,3-6H2. The molecule has 0 saturated carbocycles. The number of nitrogens with one attached hydrogen (secondary N) is 1. The fourth-order valence-electron chi connectivity index (χ4n) is 1.24. The van der Waals surface area contributed by atoms with E-state index in [-0.39, 0.29) is 12.2 Å². The SMILES string of the molecule is C=CCCC(=O)C1(C=O)NCCO1. The van der Waals surface area contributed by atoms with E-state index in [0.717, 1.165) is 0 Å². The monoisotopic (exact) mass is 183 g/mol. The summed E-state index contributed by atoms with van der Waals surface area (Å²) >= 11 is 0. The van der Waals surface area contributed by atoms with Gasteiger partial charge in [-0.05, 0) is 6.42 Å². The fourth-order valence-corrected chi connectivity index (χ4v) is 1.24. The number of carbonyl (C=O) groups excluding carboxylic acids is 2. The van der Waals surface area contributed by atoms with Crippen LogP contribution in [-0.4, -0.2) is 30.9 Å². The lowest BCUT2D eigenvalue weighted by Crippen LogP contribution is -2.50. The average Bonchev–Trinajstić information content (AvgIpc) is 2.63. The maximum atomic E-state index is 11.5. The highest BCUT2D eigenvalue weighted by molar-refractivity contribution is 6.01. The summed E-state index contributed by atoms with van der Waals surface area (Å²) in [7, 11) is 0. The second-order valence-electron chi connectivity index (χ2n) is 2.88. The fraction of sp³-hybridized carbons (Fsp3) is 0.556. The van der Waals surface area contributed by atoms with Gasteiger partial charge in [-0.2, -0.15) is 0 Å². The maximum absolute atomic E-state index is 11.5. The van der Waals surface area contributed by atoms with E-state index in [2.05, 4.69) is 11.9 Å². The van der Waals surface area contributed by atoms with Crippen molar-refractivity contribution in [3.63, 3.8) is 0 Å². The zero-order chi connectivity index (χ0) is 9.73. The summed E-state index contributed by atoms with van der Waals surface area (Å²) in [5, 5.41) is 2.75. The van der Waals surface area contributed by atoms with Gasteiger partial charge in [0.2, 0.25) is 5.72 Å². The summed E-state index contributed by atoms with van der Waals surface area (Å²) in [6.07, 6.45) is 3.03. The van der Waals surface area contributed by atoms with Gasteiger partial charge in [-0.25, -0.2) is 0 Å². The molecular formula is C9H13NO3. The lowest BCUT2D eigenvalue weighted by atomic mass is 10.1. The number of ketones is 1. The first-order valence-electron chi connectivity index (χ1n) is 4.24. The molecular weight excluding hydrogens is 170 g/mol. The van der Waals surface area contributed by atoms with E-state index in [1.165, 1.54) is 0 Å². The van der Waals surface area contributed by atoms with Gasteiger partial charge in [0, 0.05) is 13.0 Å². The molecule has 1 heterocycles. The second-order valence-corrected chi connectivity index (χ2v) is 2.88. The van der Waals surface area contributed by atoms with Gasteiger partial charge in [0.25, 0.3) is 0 Å². The molecule has 1 aliphatic rings. The number of allylic oxidation sites excluding steroid dienone is 1. The lowest BCUT2D eigenvalue weighted by molar-refractivity contribution is -0.147. The van der Waals surface area contributed by atoms with E-state index in [0.29, 0.717) is 25.9 Å². The van der Waals surface area contributed by atoms with Gasteiger partial charge in [-0.1, -0.05) is 6.08 Å². The quantitative estimate of drug-likeness (QED) is 0.371. The molecule has 13 heavy (non-hydrogen) atoms. The molecule has 1 atom stereocenters. The predicted molar refractivity (Wildman–Crippen MR) is 47.2 cm³/mol. The number of carbonyl (C=O) groups is 2. The van der Waals surface area contributed by atoms with Crippen molar-refractivity contribution in [2.24, 2.45) is 0 Å². The van der Waals surface area contributed by atoms with Crippen LogP contribution in [0.2, 0.25) is 0 Å². The minimum Gasteiger partial charge on any atom is -0.346 e. The Morgan fingerprint density at radius 2 is 2.46 bits per heavy atom. The van der Waals surface area contributed by atoms with Crippen molar-refractivity contribution in [2.45, 2.75) is 18.6 Å². The van der Waals surface area contributed by atoms with Crippen LogP contribution in [0.1, 0.15) is 12.8 Å². The summed E-state index contributed by atoms with van der Waals surface area (Å²) in [6, 6.07) is 0. The van der Waals surface area contributed by atoms with E-state index in [1.54, 1.807) is 6.08 Å². The van der Waals surface area contributed by atoms with Crippen molar-refractivity contribution in [3.8, 4) is 0 Å². The molecule has 0 aliphatic carbocycles. The lowest BCUT2D eigenvalue weighted by Gasteiger charge is -2.19. The third-order valence-corrected chi connectivity index (χ3v) is 1.98. The molecule has 1 unspecified atom stereocenters. The zero-order valence-electron chi connectivity index (χ0n) is 7.41. The number of hydrogen-bond acceptors (Lipinski definition) is 4. The second kappa shape index (κ2) is 4.30. The van der Waals surface area contributed by atoms with E-state index in [4.69, 9.17) is 4.74 Å². The normalized spacial score (nSPS) is 27.1. The molecule has 0 radical (unpaired) electrons. The molecule has 0 amide bonds. The molecule has 1 N–H and O–H groups in total. The Balaban J connectivity index is 2.59. The Bertz CT molecular complexity index is 219. The van der Waals surface area contributed by atoms with Gasteiger partial charge >= 0.3 is 0 Å². The zero-order valence-corrected chi connectivity index (χ0v) is 7.41. The number of hydrogen-bond donors (Lipinski definition) is 1. The van der Waals surface area contributed by atoms with Gasteiger partial charge in [0.05, 0.1) is 6.61 Å². The van der Waals surface area contributed by atoms with Crippen LogP contribution in [0.4, 0.5) is 0 Å². The minimum absolute atomic E-state index is 0.222. The summed E-state index contributed by atoms with van der Waals surface area (Å²) in [5.74, 6) is -0.222. The molecule has 1 aliphatic heterocycles. The number of Topliss-reactive ketones (excluding diaryl/α,β-unsaturated/α-hetero) is 1. The van der Waals surface area contributed by atoms with E-state index in [9.17, 15) is 9.59 Å². The smallest absolute Gasteiger partial charge is 0.235 e. The van der Waals surface area contributed by atoms with Crippen LogP contribution in [-0.2, 0) is 14.3 Å². The van der Waals surface area contributed by atoms with Crippen molar-refractivity contribution in [1.82, 2.24) is 5.32 Å². The topological polar surface area (TPSA) is 55.4 Å². The largest absolute Gasteiger partial charge is 0.346 e. The van der Waals surface area contributed by atoms with Crippen molar-refractivity contribution in [2.75, 3.05) is 13.2 Å². The molecule has 4 heteroatoms. The first-order chi connectivity index (χ1) is 6.25. The third kappa shape index (κ3) is 2.02. The third-order valence-electron chi connectivity index (χ3n) is 1.98. The molecule has 1 saturated heterocycles. The number of ether oxygens (including phenoxy) is 1. The molecule has 1 fully saturated rings. The van der Waals surface area contributed by atoms with Gasteiger partial charge in [-0.15, -0.1) is 6.58 Å². The van der Waals surface area contributed by atoms with Crippen LogP contribution in [0.25, 0.3) is 0 Å². The minimum atomic E-state index is -1.37. The Hall–Kier alpha value is -1.00. The number of aldehydes is 1. The Kier molecular flexibility index (Phi) is 3.33. The van der Waals surface area contributed by atoms with E-state index < -0.39 is 5.72 Å². The molecule has 0 aromatic rings. The summed E-state index contributed by atoms with van der Waals surface area (Å²) in [6.45, 7) is 4.45. The summed E-state index contributed by atoms with van der Waals surface area (Å²) in [4.78, 5) is 22.2. The van der Waals surface area contributed by atoms with Crippen molar-refractivity contribution < 1.29 is 14.3 Å². The van der Waals surface area contributed by atoms with E-state index >= 15 is 0 Å². The maximum Gasteiger partial charge on any atom is 0.235 e. The van der Waals surface area contributed by atoms with Crippen LogP contribution in [0.15, 0.2) is 12.7 Å². The Morgan fingerprint density at radius 1 is 1.69 bits per heavy atom. The van der Waals surface area contributed by atoms with Gasteiger partial charge < -0.3 is 4.74 Å². The average molecular weight is 183 g/mol. The van der Waals surface area contributed by atoms with Gasteiger partial charge in [-0.3, -0.25) is 14.9 Å². The highest BCUT2D eigenvalue weighted by Gasteiger charge is 2.41. The van der Waals surface area contributed by atoms with Crippen molar-refractivity contribution in [1.29, 1.82) is 0 Å². The van der Waals surface area contributed by atoms with Crippen LogP contribution in [0.3, 0.4) is 0 Å². The first-order valence-corrected chi connectivity index (χ1v) is 4.24. The highest BCUT2D eigenvalue weighted by Crippen LogP contribution is 2.14. The van der Waals surface area contributed by atoms with Crippen molar-refractivity contribution >= 4 is 12.1 Å². The van der Waals surface area contributed by atoms with Crippen LogP contribution >= 0.6 is 0 Å². The number of rotatable bonds is 5. The van der Waals surface area contributed by atoms with Crippen LogP contribution in [0.5, 0.6) is 0 Å². The molecule has 72 valence electrons. The van der Waals surface area contributed by atoms with Crippen molar-refractivity contribution in [3.05, 3.63) is 12.7 Å². The molecule has 0 aromatic heterocycles. The molecule has 4 nitrogen and oxygen atoms in total. The first kappa shape index (κ1) is 10.1.